The average molecular weight is 492 g/mol. The molecule has 0 amide bonds. The SMILES string of the molecule is Cc1cccc([C@@H]2C[C@H]3[C@@H](CN2C)C(=O)C[C@@H](c2ccccc2)N3SI)c1. The van der Waals surface area contributed by atoms with Crippen LogP contribution in [0.4, 0.5) is 0 Å². The number of hydrogen-bond acceptors (Lipinski definition) is 4. The molecule has 0 radical (unpaired) electrons. The zero-order chi connectivity index (χ0) is 19.0. The highest BCUT2D eigenvalue weighted by Crippen LogP contribution is 2.48. The largest absolute Gasteiger partial charge is 0.299 e. The Kier molecular flexibility index (Phi) is 5.92. The highest BCUT2D eigenvalue weighted by molar-refractivity contribution is 14.2. The minimum Gasteiger partial charge on any atom is -0.299 e. The van der Waals surface area contributed by atoms with Crippen LogP contribution in [-0.2, 0) is 4.79 Å². The molecule has 0 spiro atoms. The van der Waals surface area contributed by atoms with Crippen LogP contribution in [0.5, 0.6) is 0 Å². The Morgan fingerprint density at radius 2 is 1.78 bits per heavy atom. The molecule has 2 heterocycles. The van der Waals surface area contributed by atoms with Crippen LogP contribution in [0.1, 0.15) is 41.6 Å². The number of ketones is 1. The lowest BCUT2D eigenvalue weighted by molar-refractivity contribution is -0.132. The number of halogens is 1. The molecule has 0 saturated carbocycles. The number of likely N-dealkylation sites (tertiary alicyclic amines) is 1. The summed E-state index contributed by atoms with van der Waals surface area (Å²) in [5, 5.41) is 0. The molecule has 4 atom stereocenters. The molecule has 2 fully saturated rings. The topological polar surface area (TPSA) is 23.6 Å². The van der Waals surface area contributed by atoms with Crippen molar-refractivity contribution in [2.75, 3.05) is 13.6 Å². The summed E-state index contributed by atoms with van der Waals surface area (Å²) in [7, 11) is 3.94. The molecule has 2 aliphatic heterocycles. The van der Waals surface area contributed by atoms with E-state index in [1.807, 2.05) is 6.07 Å². The first-order valence-electron chi connectivity index (χ1n) is 9.50. The van der Waals surface area contributed by atoms with Crippen molar-refractivity contribution in [2.24, 2.45) is 5.92 Å². The van der Waals surface area contributed by atoms with Crippen LogP contribution in [0.3, 0.4) is 0 Å². The molecule has 2 aromatic rings. The van der Waals surface area contributed by atoms with E-state index in [0.717, 1.165) is 13.0 Å². The van der Waals surface area contributed by atoms with E-state index < -0.39 is 0 Å². The van der Waals surface area contributed by atoms with Gasteiger partial charge in [-0.1, -0.05) is 60.2 Å². The fraction of sp³-hybridized carbons (Fsp3) is 0.409. The van der Waals surface area contributed by atoms with Crippen molar-refractivity contribution in [3.05, 3.63) is 71.3 Å². The van der Waals surface area contributed by atoms with Crippen molar-refractivity contribution >= 4 is 36.1 Å². The van der Waals surface area contributed by atoms with Crippen molar-refractivity contribution in [2.45, 2.75) is 37.9 Å². The molecule has 0 N–H and O–H groups in total. The van der Waals surface area contributed by atoms with Gasteiger partial charge in [-0.2, -0.15) is 0 Å². The predicted octanol–water partition coefficient (Wildman–Crippen LogP) is 5.37. The minimum absolute atomic E-state index is 0.110. The van der Waals surface area contributed by atoms with Gasteiger partial charge in [-0.3, -0.25) is 9.69 Å². The van der Waals surface area contributed by atoms with Gasteiger partial charge < -0.3 is 0 Å². The van der Waals surface area contributed by atoms with Gasteiger partial charge in [0.25, 0.3) is 0 Å². The maximum absolute atomic E-state index is 13.1. The number of rotatable bonds is 3. The first-order valence-corrected chi connectivity index (χ1v) is 12.8. The van der Waals surface area contributed by atoms with E-state index in [-0.39, 0.29) is 18.0 Å². The molecule has 3 nitrogen and oxygen atoms in total. The van der Waals surface area contributed by atoms with Gasteiger partial charge in [0, 0.05) is 52.2 Å². The standard InChI is InChI=1S/C22H25IN2OS/c1-15-7-6-10-17(11-15)19-12-21-18(14-24(19)2)22(26)13-20(25(21)27-23)16-8-4-3-5-9-16/h3-11,18-21H,12-14H2,1-2H3/t18-,19+,20+,21+/m1/s1. The zero-order valence-corrected chi connectivity index (χ0v) is 18.7. The van der Waals surface area contributed by atoms with E-state index in [1.54, 1.807) is 9.12 Å². The Balaban J connectivity index is 1.66. The second kappa shape index (κ2) is 8.23. The number of Topliss-reactive ketones (excluding diaryl/α,β-unsaturated/α-hetero) is 1. The molecule has 2 aliphatic rings. The Hall–Kier alpha value is -0.890. The van der Waals surface area contributed by atoms with Crippen molar-refractivity contribution in [1.29, 1.82) is 0 Å². The van der Waals surface area contributed by atoms with Crippen LogP contribution in [-0.4, -0.2) is 34.6 Å². The molecule has 0 bridgehead atoms. The summed E-state index contributed by atoms with van der Waals surface area (Å²) in [6.45, 7) is 3.00. The Morgan fingerprint density at radius 1 is 1.04 bits per heavy atom. The molecule has 2 saturated heterocycles. The third kappa shape index (κ3) is 3.84. The van der Waals surface area contributed by atoms with Crippen molar-refractivity contribution in [3.8, 4) is 0 Å². The van der Waals surface area contributed by atoms with Crippen molar-refractivity contribution in [3.63, 3.8) is 0 Å². The normalized spacial score (nSPS) is 29.5. The minimum atomic E-state index is 0.110. The molecule has 2 aromatic carbocycles. The monoisotopic (exact) mass is 492 g/mol. The molecule has 0 aromatic heterocycles. The number of piperidine rings is 2. The predicted molar refractivity (Wildman–Crippen MR) is 121 cm³/mol. The lowest BCUT2D eigenvalue weighted by atomic mass is 9.77. The lowest BCUT2D eigenvalue weighted by Gasteiger charge is -2.50. The maximum atomic E-state index is 13.1. The van der Waals surface area contributed by atoms with Gasteiger partial charge in [0.2, 0.25) is 0 Å². The summed E-state index contributed by atoms with van der Waals surface area (Å²) in [4.78, 5) is 15.4. The van der Waals surface area contributed by atoms with Gasteiger partial charge in [-0.15, -0.1) is 0 Å². The van der Waals surface area contributed by atoms with E-state index in [2.05, 4.69) is 92.9 Å². The van der Waals surface area contributed by atoms with Gasteiger partial charge >= 0.3 is 0 Å². The van der Waals surface area contributed by atoms with Crippen LogP contribution in [0, 0.1) is 12.8 Å². The van der Waals surface area contributed by atoms with Crippen LogP contribution >= 0.6 is 30.3 Å². The summed E-state index contributed by atoms with van der Waals surface area (Å²) < 4.78 is 2.50. The molecule has 4 rings (SSSR count). The molecule has 0 aliphatic carbocycles. The zero-order valence-electron chi connectivity index (χ0n) is 15.7. The fourth-order valence-corrected chi connectivity index (χ4v) is 7.03. The number of aryl methyl sites for hydroxylation is 1. The number of hydrogen-bond donors (Lipinski definition) is 0. The van der Waals surface area contributed by atoms with Crippen LogP contribution < -0.4 is 0 Å². The average Bonchev–Trinajstić information content (AvgIpc) is 2.68. The molecular weight excluding hydrogens is 467 g/mol. The second-order valence-electron chi connectivity index (χ2n) is 7.80. The number of carbonyl (C=O) groups is 1. The highest BCUT2D eigenvalue weighted by Gasteiger charge is 2.47. The number of nitrogens with zero attached hydrogens (tertiary/aromatic N) is 2. The first kappa shape index (κ1) is 19.4. The van der Waals surface area contributed by atoms with Crippen molar-refractivity contribution in [1.82, 2.24) is 9.21 Å². The summed E-state index contributed by atoms with van der Waals surface area (Å²) in [5.41, 5.74) is 3.91. The first-order chi connectivity index (χ1) is 13.1. The Morgan fingerprint density at radius 3 is 2.48 bits per heavy atom. The maximum Gasteiger partial charge on any atom is 0.140 e. The van der Waals surface area contributed by atoms with Crippen molar-refractivity contribution < 1.29 is 4.79 Å². The van der Waals surface area contributed by atoms with E-state index in [9.17, 15) is 4.79 Å². The number of benzene rings is 2. The molecule has 27 heavy (non-hydrogen) atoms. The molecule has 5 heteroatoms. The number of fused-ring (bicyclic) bond motifs is 1. The van der Waals surface area contributed by atoms with E-state index in [1.165, 1.54) is 16.7 Å². The van der Waals surface area contributed by atoms with Gasteiger partial charge in [0.1, 0.15) is 5.78 Å². The summed E-state index contributed by atoms with van der Waals surface area (Å²) in [6, 6.07) is 20.1. The third-order valence-electron chi connectivity index (χ3n) is 6.08. The van der Waals surface area contributed by atoms with Crippen LogP contribution in [0.25, 0.3) is 0 Å². The van der Waals surface area contributed by atoms with E-state index in [0.29, 0.717) is 18.2 Å². The van der Waals surface area contributed by atoms with Gasteiger partial charge in [-0.05, 0) is 40.6 Å². The molecule has 142 valence electrons. The Labute approximate surface area is 178 Å². The lowest BCUT2D eigenvalue weighted by Crippen LogP contribution is -2.56. The quantitative estimate of drug-likeness (QED) is 0.425. The van der Waals surface area contributed by atoms with Gasteiger partial charge in [-0.25, -0.2) is 4.31 Å². The molecule has 0 unspecified atom stereocenters. The summed E-state index contributed by atoms with van der Waals surface area (Å²) >= 11 is 2.39. The fourth-order valence-electron chi connectivity index (χ4n) is 4.70. The summed E-state index contributed by atoms with van der Waals surface area (Å²) in [6.07, 6.45) is 1.61. The van der Waals surface area contributed by atoms with Gasteiger partial charge in [0.05, 0.1) is 6.04 Å². The third-order valence-corrected chi connectivity index (χ3v) is 8.13. The van der Waals surface area contributed by atoms with Crippen LogP contribution in [0.15, 0.2) is 54.6 Å². The Bertz CT molecular complexity index is 815. The van der Waals surface area contributed by atoms with Gasteiger partial charge in [0.15, 0.2) is 0 Å². The number of carbonyl (C=O) groups excluding carboxylic acids is 1. The van der Waals surface area contributed by atoms with E-state index in [4.69, 9.17) is 0 Å². The second-order valence-corrected chi connectivity index (χ2v) is 9.55. The summed E-state index contributed by atoms with van der Waals surface area (Å²) in [5.74, 6) is 0.531. The smallest absolute Gasteiger partial charge is 0.140 e. The van der Waals surface area contributed by atoms with Crippen LogP contribution in [0.2, 0.25) is 0 Å². The highest BCUT2D eigenvalue weighted by atomic mass is 127. The van der Waals surface area contributed by atoms with E-state index >= 15 is 0 Å². The molecular formula is C22H25IN2OS.